The molecule has 0 radical (unpaired) electrons. The first-order valence-electron chi connectivity index (χ1n) is 8.34. The summed E-state index contributed by atoms with van der Waals surface area (Å²) in [4.78, 5) is 23.6. The van der Waals surface area contributed by atoms with E-state index in [0.29, 0.717) is 11.3 Å². The van der Waals surface area contributed by atoms with Crippen molar-refractivity contribution in [2.45, 2.75) is 12.3 Å². The van der Waals surface area contributed by atoms with Gasteiger partial charge in [-0.3, -0.25) is 4.79 Å². The molecule has 0 heterocycles. The molecule has 3 aromatic rings. The van der Waals surface area contributed by atoms with Crippen LogP contribution in [0.3, 0.4) is 0 Å². The van der Waals surface area contributed by atoms with E-state index in [1.54, 1.807) is 36.4 Å². The smallest absolute Gasteiger partial charge is 0.343 e. The standard InChI is InChI=1S/C22H19NO3/c23-21(24)15-20(16-7-3-1-4-8-16)17-11-13-19(14-12-17)26-22(25)18-9-5-2-6-10-18/h1-14,20H,15H2,(H2,23,24). The quantitative estimate of drug-likeness (QED) is 0.544. The maximum absolute atomic E-state index is 12.1. The number of carbonyl (C=O) groups excluding carboxylic acids is 2. The molecule has 0 aliphatic rings. The zero-order chi connectivity index (χ0) is 18.4. The summed E-state index contributed by atoms with van der Waals surface area (Å²) in [5.41, 5.74) is 7.87. The molecule has 0 spiro atoms. The van der Waals surface area contributed by atoms with E-state index in [0.717, 1.165) is 11.1 Å². The number of esters is 1. The summed E-state index contributed by atoms with van der Waals surface area (Å²) in [7, 11) is 0. The third kappa shape index (κ3) is 4.36. The van der Waals surface area contributed by atoms with Crippen LogP contribution in [0.1, 0.15) is 33.8 Å². The number of rotatable bonds is 6. The molecule has 26 heavy (non-hydrogen) atoms. The fourth-order valence-electron chi connectivity index (χ4n) is 2.82. The molecule has 2 N–H and O–H groups in total. The molecule has 0 bridgehead atoms. The molecule has 1 atom stereocenters. The second kappa shape index (κ2) is 8.12. The topological polar surface area (TPSA) is 69.4 Å². The van der Waals surface area contributed by atoms with Crippen LogP contribution in [0, 0.1) is 0 Å². The summed E-state index contributed by atoms with van der Waals surface area (Å²) in [6.45, 7) is 0. The average Bonchev–Trinajstić information content (AvgIpc) is 2.68. The van der Waals surface area contributed by atoms with E-state index in [2.05, 4.69) is 0 Å². The highest BCUT2D eigenvalue weighted by Gasteiger charge is 2.17. The lowest BCUT2D eigenvalue weighted by Crippen LogP contribution is -2.16. The van der Waals surface area contributed by atoms with Crippen LogP contribution in [0.5, 0.6) is 5.75 Å². The van der Waals surface area contributed by atoms with Crippen molar-refractivity contribution < 1.29 is 14.3 Å². The van der Waals surface area contributed by atoms with Crippen LogP contribution in [0.25, 0.3) is 0 Å². The molecular formula is C22H19NO3. The zero-order valence-electron chi connectivity index (χ0n) is 14.2. The highest BCUT2D eigenvalue weighted by Crippen LogP contribution is 2.29. The molecule has 3 aromatic carbocycles. The second-order valence-electron chi connectivity index (χ2n) is 5.96. The number of carbonyl (C=O) groups is 2. The number of ether oxygens (including phenoxy) is 1. The SMILES string of the molecule is NC(=O)CC(c1ccccc1)c1ccc(OC(=O)c2ccccc2)cc1. The lowest BCUT2D eigenvalue weighted by atomic mass is 9.88. The Labute approximate surface area is 152 Å². The second-order valence-corrected chi connectivity index (χ2v) is 5.96. The van der Waals surface area contributed by atoms with E-state index in [4.69, 9.17) is 10.5 Å². The van der Waals surface area contributed by atoms with Crippen LogP contribution in [0.2, 0.25) is 0 Å². The molecular weight excluding hydrogens is 326 g/mol. The van der Waals surface area contributed by atoms with Crippen molar-refractivity contribution in [2.75, 3.05) is 0 Å². The predicted molar refractivity (Wildman–Crippen MR) is 99.9 cm³/mol. The van der Waals surface area contributed by atoms with Gasteiger partial charge in [0.1, 0.15) is 5.75 Å². The van der Waals surface area contributed by atoms with Crippen LogP contribution in [-0.2, 0) is 4.79 Å². The van der Waals surface area contributed by atoms with Gasteiger partial charge in [-0.05, 0) is 35.4 Å². The van der Waals surface area contributed by atoms with Gasteiger partial charge in [0.25, 0.3) is 0 Å². The summed E-state index contributed by atoms with van der Waals surface area (Å²) < 4.78 is 5.39. The molecule has 0 saturated carbocycles. The maximum Gasteiger partial charge on any atom is 0.343 e. The van der Waals surface area contributed by atoms with Gasteiger partial charge >= 0.3 is 5.97 Å². The highest BCUT2D eigenvalue weighted by molar-refractivity contribution is 5.90. The Morgan fingerprint density at radius 1 is 0.769 bits per heavy atom. The fourth-order valence-corrected chi connectivity index (χ4v) is 2.82. The van der Waals surface area contributed by atoms with Gasteiger partial charge < -0.3 is 10.5 Å². The predicted octanol–water partition coefficient (Wildman–Crippen LogP) is 3.91. The normalized spacial score (nSPS) is 11.5. The van der Waals surface area contributed by atoms with Gasteiger partial charge in [0, 0.05) is 12.3 Å². The van der Waals surface area contributed by atoms with E-state index in [9.17, 15) is 9.59 Å². The average molecular weight is 345 g/mol. The minimum Gasteiger partial charge on any atom is -0.423 e. The highest BCUT2D eigenvalue weighted by atomic mass is 16.5. The van der Waals surface area contributed by atoms with Crippen LogP contribution >= 0.6 is 0 Å². The first-order valence-corrected chi connectivity index (χ1v) is 8.34. The molecule has 3 rings (SSSR count). The van der Waals surface area contributed by atoms with E-state index in [1.807, 2.05) is 48.5 Å². The van der Waals surface area contributed by atoms with Crippen molar-refractivity contribution in [3.8, 4) is 5.75 Å². The Bertz CT molecular complexity index is 874. The Kier molecular flexibility index (Phi) is 5.44. The van der Waals surface area contributed by atoms with Crippen LogP contribution in [0.4, 0.5) is 0 Å². The van der Waals surface area contributed by atoms with Gasteiger partial charge in [0.2, 0.25) is 5.91 Å². The monoisotopic (exact) mass is 345 g/mol. The van der Waals surface area contributed by atoms with Crippen molar-refractivity contribution in [1.29, 1.82) is 0 Å². The van der Waals surface area contributed by atoms with Crippen molar-refractivity contribution in [3.63, 3.8) is 0 Å². The minimum atomic E-state index is -0.407. The third-order valence-corrected chi connectivity index (χ3v) is 4.11. The Morgan fingerprint density at radius 3 is 1.88 bits per heavy atom. The molecule has 0 aromatic heterocycles. The van der Waals surface area contributed by atoms with Crippen molar-refractivity contribution >= 4 is 11.9 Å². The summed E-state index contributed by atoms with van der Waals surface area (Å²) >= 11 is 0. The number of benzene rings is 3. The number of hydrogen-bond acceptors (Lipinski definition) is 3. The van der Waals surface area contributed by atoms with Crippen molar-refractivity contribution in [1.82, 2.24) is 0 Å². The molecule has 1 amide bonds. The summed E-state index contributed by atoms with van der Waals surface area (Å²) in [5.74, 6) is -0.449. The van der Waals surface area contributed by atoms with Gasteiger partial charge in [0.15, 0.2) is 0 Å². The summed E-state index contributed by atoms with van der Waals surface area (Å²) in [6.07, 6.45) is 0.215. The first kappa shape index (κ1) is 17.4. The molecule has 4 heteroatoms. The van der Waals surface area contributed by atoms with Gasteiger partial charge in [-0.1, -0.05) is 60.7 Å². The number of primary amides is 1. The van der Waals surface area contributed by atoms with E-state index < -0.39 is 5.97 Å². The van der Waals surface area contributed by atoms with E-state index >= 15 is 0 Å². The molecule has 1 unspecified atom stereocenters. The largest absolute Gasteiger partial charge is 0.423 e. The Hall–Kier alpha value is -3.40. The van der Waals surface area contributed by atoms with Crippen molar-refractivity contribution in [3.05, 3.63) is 102 Å². The lowest BCUT2D eigenvalue weighted by Gasteiger charge is -2.17. The Morgan fingerprint density at radius 2 is 1.31 bits per heavy atom. The van der Waals surface area contributed by atoms with E-state index in [-0.39, 0.29) is 18.2 Å². The third-order valence-electron chi connectivity index (χ3n) is 4.11. The fraction of sp³-hybridized carbons (Fsp3) is 0.0909. The summed E-state index contributed by atoms with van der Waals surface area (Å²) in [6, 6.07) is 25.7. The number of hydrogen-bond donors (Lipinski definition) is 1. The Balaban J connectivity index is 1.78. The van der Waals surface area contributed by atoms with Gasteiger partial charge in [-0.25, -0.2) is 4.79 Å². The molecule has 0 fully saturated rings. The molecule has 0 saturated heterocycles. The van der Waals surface area contributed by atoms with Crippen LogP contribution in [-0.4, -0.2) is 11.9 Å². The van der Waals surface area contributed by atoms with Crippen LogP contribution < -0.4 is 10.5 Å². The van der Waals surface area contributed by atoms with E-state index in [1.165, 1.54) is 0 Å². The van der Waals surface area contributed by atoms with Gasteiger partial charge in [0.05, 0.1) is 5.56 Å². The molecule has 0 aliphatic carbocycles. The van der Waals surface area contributed by atoms with Gasteiger partial charge in [-0.2, -0.15) is 0 Å². The first-order chi connectivity index (χ1) is 12.6. The maximum atomic E-state index is 12.1. The zero-order valence-corrected chi connectivity index (χ0v) is 14.2. The molecule has 130 valence electrons. The summed E-state index contributed by atoms with van der Waals surface area (Å²) in [5, 5.41) is 0. The van der Waals surface area contributed by atoms with Crippen molar-refractivity contribution in [2.24, 2.45) is 5.73 Å². The minimum absolute atomic E-state index is 0.132. The van der Waals surface area contributed by atoms with Gasteiger partial charge in [-0.15, -0.1) is 0 Å². The molecule has 0 aliphatic heterocycles. The van der Waals surface area contributed by atoms with Crippen LogP contribution in [0.15, 0.2) is 84.9 Å². The number of amides is 1. The molecule has 4 nitrogen and oxygen atoms in total. The number of nitrogens with two attached hydrogens (primary N) is 1. The lowest BCUT2D eigenvalue weighted by molar-refractivity contribution is -0.118.